The Bertz CT molecular complexity index is 709. The van der Waals surface area contributed by atoms with E-state index in [2.05, 4.69) is 0 Å². The van der Waals surface area contributed by atoms with Crippen LogP contribution in [0.2, 0.25) is 0 Å². The normalized spacial score (nSPS) is 29.7. The maximum absolute atomic E-state index is 12.5. The molecule has 0 unspecified atom stereocenters. The number of amides is 2. The summed E-state index contributed by atoms with van der Waals surface area (Å²) < 4.78 is 17.3. The van der Waals surface area contributed by atoms with Crippen molar-refractivity contribution in [1.29, 1.82) is 0 Å². The summed E-state index contributed by atoms with van der Waals surface area (Å²) in [6.45, 7) is 4.52. The molecular weight excluding hydrogens is 352 g/mol. The van der Waals surface area contributed by atoms with Crippen LogP contribution in [0.3, 0.4) is 0 Å². The monoisotopic (exact) mass is 376 g/mol. The van der Waals surface area contributed by atoms with Crippen LogP contribution in [0.5, 0.6) is 0 Å². The van der Waals surface area contributed by atoms with Crippen molar-refractivity contribution >= 4 is 12.0 Å². The summed E-state index contributed by atoms with van der Waals surface area (Å²) in [6, 6.07) is 9.42. The first-order valence-electron chi connectivity index (χ1n) is 9.23. The van der Waals surface area contributed by atoms with E-state index in [1.165, 1.54) is 0 Å². The number of rotatable bonds is 3. The molecule has 3 atom stereocenters. The van der Waals surface area contributed by atoms with Crippen LogP contribution < -0.4 is 0 Å². The van der Waals surface area contributed by atoms with Crippen LogP contribution in [0.4, 0.5) is 4.79 Å². The molecule has 3 saturated heterocycles. The highest BCUT2D eigenvalue weighted by Crippen LogP contribution is 2.37. The summed E-state index contributed by atoms with van der Waals surface area (Å²) in [5.74, 6) is -0.810. The molecule has 0 aromatic heterocycles. The van der Waals surface area contributed by atoms with Gasteiger partial charge in [0.05, 0.1) is 6.54 Å². The maximum atomic E-state index is 12.5. The number of carbonyl (C=O) groups excluding carboxylic acids is 2. The molecule has 0 N–H and O–H groups in total. The smallest absolute Gasteiger partial charge is 0.434 e. The highest BCUT2D eigenvalue weighted by Gasteiger charge is 2.54. The topological polar surface area (TPSA) is 77.5 Å². The standard InChI is InChI=1S/C19H24N2O6/c1-19(2)25-14-11-21(18(23)24-12-13-7-4-3-5-8-13)27-17(16(14)26-19)20-10-6-9-15(20)22/h3-5,7-8,14,16-17H,6,9-12H2,1-2H3/t14-,16-,17-/m0/s1. The van der Waals surface area contributed by atoms with Gasteiger partial charge in [0.2, 0.25) is 5.91 Å². The lowest BCUT2D eigenvalue weighted by molar-refractivity contribution is -0.276. The molecule has 0 spiro atoms. The SMILES string of the molecule is CC1(C)O[C@H]2[C@H](CN(C(=O)OCc3ccccc3)O[C@@H]2N2CCCC2=O)O1. The molecule has 2 amide bonds. The van der Waals surface area contributed by atoms with E-state index in [4.69, 9.17) is 19.0 Å². The maximum Gasteiger partial charge on any atom is 0.434 e. The molecular formula is C19H24N2O6. The molecule has 3 fully saturated rings. The van der Waals surface area contributed by atoms with E-state index < -0.39 is 30.3 Å². The van der Waals surface area contributed by atoms with Crippen molar-refractivity contribution < 1.29 is 28.6 Å². The van der Waals surface area contributed by atoms with E-state index >= 15 is 0 Å². The molecule has 4 rings (SSSR count). The van der Waals surface area contributed by atoms with Gasteiger partial charge < -0.3 is 19.1 Å². The largest absolute Gasteiger partial charge is 0.443 e. The number of hydroxylamine groups is 2. The van der Waals surface area contributed by atoms with Crippen molar-refractivity contribution in [2.45, 2.75) is 57.5 Å². The second-order valence-electron chi connectivity index (χ2n) is 7.43. The minimum Gasteiger partial charge on any atom is -0.443 e. The Morgan fingerprint density at radius 3 is 2.74 bits per heavy atom. The van der Waals surface area contributed by atoms with Crippen LogP contribution >= 0.6 is 0 Å². The van der Waals surface area contributed by atoms with E-state index in [-0.39, 0.29) is 19.1 Å². The molecule has 0 radical (unpaired) electrons. The lowest BCUT2D eigenvalue weighted by Crippen LogP contribution is -2.60. The predicted octanol–water partition coefficient (Wildman–Crippen LogP) is 2.04. The molecule has 1 aromatic carbocycles. The Morgan fingerprint density at radius 1 is 1.26 bits per heavy atom. The summed E-state index contributed by atoms with van der Waals surface area (Å²) in [5, 5.41) is 1.14. The summed E-state index contributed by atoms with van der Waals surface area (Å²) in [6.07, 6.45) is -0.914. The minimum absolute atomic E-state index is 0.00782. The molecule has 3 aliphatic heterocycles. The van der Waals surface area contributed by atoms with Crippen molar-refractivity contribution in [2.24, 2.45) is 0 Å². The van der Waals surface area contributed by atoms with Crippen LogP contribution in [0.15, 0.2) is 30.3 Å². The van der Waals surface area contributed by atoms with Crippen LogP contribution in [-0.4, -0.2) is 59.3 Å². The van der Waals surface area contributed by atoms with E-state index in [0.717, 1.165) is 17.0 Å². The van der Waals surface area contributed by atoms with Crippen molar-refractivity contribution in [1.82, 2.24) is 9.96 Å². The third-order valence-corrected chi connectivity index (χ3v) is 4.91. The number of benzene rings is 1. The van der Waals surface area contributed by atoms with Crippen molar-refractivity contribution in [2.75, 3.05) is 13.1 Å². The molecule has 27 heavy (non-hydrogen) atoms. The van der Waals surface area contributed by atoms with E-state index in [1.54, 1.807) is 4.90 Å². The van der Waals surface area contributed by atoms with Gasteiger partial charge in [-0.25, -0.2) is 9.63 Å². The van der Waals surface area contributed by atoms with Crippen LogP contribution in [0.1, 0.15) is 32.3 Å². The van der Waals surface area contributed by atoms with Gasteiger partial charge in [0.25, 0.3) is 0 Å². The van der Waals surface area contributed by atoms with Gasteiger partial charge in [-0.05, 0) is 25.8 Å². The fourth-order valence-electron chi connectivity index (χ4n) is 3.72. The third-order valence-electron chi connectivity index (χ3n) is 4.91. The Labute approximate surface area is 157 Å². The van der Waals surface area contributed by atoms with Crippen LogP contribution in [0, 0.1) is 0 Å². The molecule has 1 aromatic rings. The van der Waals surface area contributed by atoms with Gasteiger partial charge in [0, 0.05) is 13.0 Å². The summed E-state index contributed by atoms with van der Waals surface area (Å²) in [7, 11) is 0. The van der Waals surface area contributed by atoms with Crippen molar-refractivity contribution in [3.63, 3.8) is 0 Å². The average Bonchev–Trinajstić information content (AvgIpc) is 3.20. The lowest BCUT2D eigenvalue weighted by atomic mass is 10.1. The van der Waals surface area contributed by atoms with Gasteiger partial charge in [-0.15, -0.1) is 0 Å². The first kappa shape index (κ1) is 18.2. The number of nitrogens with zero attached hydrogens (tertiary/aromatic N) is 2. The summed E-state index contributed by atoms with van der Waals surface area (Å²) >= 11 is 0. The van der Waals surface area contributed by atoms with Crippen LogP contribution in [0.25, 0.3) is 0 Å². The van der Waals surface area contributed by atoms with Gasteiger partial charge >= 0.3 is 6.09 Å². The highest BCUT2D eigenvalue weighted by molar-refractivity contribution is 5.78. The second kappa shape index (κ2) is 7.10. The zero-order valence-corrected chi connectivity index (χ0v) is 15.5. The highest BCUT2D eigenvalue weighted by atomic mass is 16.8. The third kappa shape index (κ3) is 3.78. The van der Waals surface area contributed by atoms with Crippen molar-refractivity contribution in [3.8, 4) is 0 Å². The van der Waals surface area contributed by atoms with Gasteiger partial charge in [-0.3, -0.25) is 4.79 Å². The first-order valence-corrected chi connectivity index (χ1v) is 9.23. The lowest BCUT2D eigenvalue weighted by Gasteiger charge is -2.41. The minimum atomic E-state index is -0.802. The van der Waals surface area contributed by atoms with Gasteiger partial charge in [0.15, 0.2) is 12.0 Å². The fraction of sp³-hybridized carbons (Fsp3) is 0.579. The van der Waals surface area contributed by atoms with E-state index in [9.17, 15) is 9.59 Å². The Hall–Kier alpha value is -2.16. The number of hydrogen-bond acceptors (Lipinski definition) is 6. The Kier molecular flexibility index (Phi) is 4.79. The zero-order chi connectivity index (χ0) is 19.0. The number of likely N-dealkylation sites (tertiary alicyclic amines) is 1. The number of carbonyl (C=O) groups is 2. The molecule has 0 aliphatic carbocycles. The summed E-state index contributed by atoms with van der Waals surface area (Å²) in [4.78, 5) is 32.2. The molecule has 3 aliphatic rings. The average molecular weight is 376 g/mol. The number of fused-ring (bicyclic) bond motifs is 1. The Morgan fingerprint density at radius 2 is 2.04 bits per heavy atom. The van der Waals surface area contributed by atoms with Gasteiger partial charge in [0.1, 0.15) is 18.8 Å². The van der Waals surface area contributed by atoms with Gasteiger partial charge in [-0.2, -0.15) is 5.06 Å². The molecule has 0 bridgehead atoms. The van der Waals surface area contributed by atoms with Crippen molar-refractivity contribution in [3.05, 3.63) is 35.9 Å². The van der Waals surface area contributed by atoms with Gasteiger partial charge in [-0.1, -0.05) is 30.3 Å². The number of hydrogen-bond donors (Lipinski definition) is 0. The van der Waals surface area contributed by atoms with Crippen LogP contribution in [-0.2, 0) is 30.4 Å². The number of ether oxygens (including phenoxy) is 3. The predicted molar refractivity (Wildman–Crippen MR) is 93.0 cm³/mol. The second-order valence-corrected chi connectivity index (χ2v) is 7.43. The first-order chi connectivity index (χ1) is 12.9. The quantitative estimate of drug-likeness (QED) is 0.803. The van der Waals surface area contributed by atoms with E-state index in [1.807, 2.05) is 44.2 Å². The zero-order valence-electron chi connectivity index (χ0n) is 15.5. The fourth-order valence-corrected chi connectivity index (χ4v) is 3.72. The molecule has 8 nitrogen and oxygen atoms in total. The molecule has 8 heteroatoms. The summed E-state index contributed by atoms with van der Waals surface area (Å²) in [5.41, 5.74) is 0.883. The Balaban J connectivity index is 1.47. The molecule has 3 heterocycles. The van der Waals surface area contributed by atoms with E-state index in [0.29, 0.717) is 13.0 Å². The molecule has 146 valence electrons. The molecule has 0 saturated carbocycles.